The Kier molecular flexibility index (Phi) is 38.8. The Bertz CT molecular complexity index is 3830. The fourth-order valence-electron chi connectivity index (χ4n) is 7.93. The van der Waals surface area contributed by atoms with Gasteiger partial charge in [0.2, 0.25) is 0 Å². The Labute approximate surface area is 584 Å². The monoisotopic (exact) mass is 1330 g/mol. The van der Waals surface area contributed by atoms with Gasteiger partial charge in [-0.1, -0.05) is 49.9 Å². The fourth-order valence-corrected chi connectivity index (χ4v) is 7.93. The number of aliphatic hydroxyl groups is 1. The number of aliphatic hydroxyl groups excluding tert-OH is 1. The van der Waals surface area contributed by atoms with Crippen LogP contribution in [0.2, 0.25) is 0 Å². The second kappa shape index (κ2) is 41.8. The normalized spacial score (nSPS) is 11.7. The number of methoxy groups -OCH3 is 2. The molecule has 1 heterocycles. The summed E-state index contributed by atoms with van der Waals surface area (Å²) in [7, 11) is -1.76. The van der Waals surface area contributed by atoms with Crippen molar-refractivity contribution >= 4 is 42.4 Å². The van der Waals surface area contributed by atoms with E-state index in [4.69, 9.17) is 47.1 Å². The number of aryl methyl sites for hydroxylation is 4. The van der Waals surface area contributed by atoms with Gasteiger partial charge in [0.05, 0.1) is 37.9 Å². The van der Waals surface area contributed by atoms with E-state index in [0.717, 1.165) is 33.9 Å². The van der Waals surface area contributed by atoms with E-state index in [0.29, 0.717) is 53.2 Å². The Balaban J connectivity index is -0.00000109. The van der Waals surface area contributed by atoms with Crippen molar-refractivity contribution in [1.29, 1.82) is 0 Å². The average Bonchev–Trinajstić information content (AvgIpc) is 0.802. The second-order valence-electron chi connectivity index (χ2n) is 19.1. The van der Waals surface area contributed by atoms with Crippen molar-refractivity contribution in [2.75, 3.05) is 14.2 Å². The number of carboxylic acid groups (broad SMARTS) is 1. The van der Waals surface area contributed by atoms with E-state index in [9.17, 15) is 65.4 Å². The van der Waals surface area contributed by atoms with Crippen LogP contribution in [0.4, 0.5) is 0 Å². The van der Waals surface area contributed by atoms with Crippen molar-refractivity contribution in [3.05, 3.63) is 208 Å². The number of ketones is 2. The minimum atomic E-state index is -4.67. The maximum atomic E-state index is 12.1. The summed E-state index contributed by atoms with van der Waals surface area (Å²) in [5.41, 5.74) is 5.82. The maximum Gasteiger partial charge on any atom is 1.00 e. The van der Waals surface area contributed by atoms with Crippen molar-refractivity contribution < 1.29 is 179 Å². The minimum Gasteiger partial charge on any atom is -1.00 e. The van der Waals surface area contributed by atoms with Crippen LogP contribution in [-0.4, -0.2) is 130 Å². The summed E-state index contributed by atoms with van der Waals surface area (Å²) in [5, 5.41) is 121. The van der Waals surface area contributed by atoms with Crippen molar-refractivity contribution in [1.82, 2.24) is 0 Å². The number of carbonyl (C=O) groups is 3. The van der Waals surface area contributed by atoms with Crippen LogP contribution in [0.5, 0.6) is 80.5 Å². The number of aromatic hydroxyl groups is 11. The number of rotatable bonds is 13. The van der Waals surface area contributed by atoms with E-state index in [1.165, 1.54) is 93.1 Å². The van der Waals surface area contributed by atoms with Crippen molar-refractivity contribution in [2.24, 2.45) is 0 Å². The quantitative estimate of drug-likeness (QED) is 0.0323. The predicted octanol–water partition coefficient (Wildman–Crippen LogP) is 4.66. The zero-order valence-electron chi connectivity index (χ0n) is 51.7. The molecule has 487 valence electrons. The van der Waals surface area contributed by atoms with E-state index in [1.54, 1.807) is 92.7 Å². The zero-order chi connectivity index (χ0) is 65.4. The largest absolute Gasteiger partial charge is 1.00 e. The van der Waals surface area contributed by atoms with Crippen LogP contribution in [0.1, 0.15) is 100.0 Å². The standard InChI is InChI=1S/C16H18O5.C16H14O5.C16H14O4.C10H12O3.C6H6O2.CH4.B.2Na.H2O4S.H2O.H/c2*1-21-16-8-10(3-7-14(16)19)2-6-13(18)12-5-4-11(17)9-15(12)20;1-9-6-10(2-5-13(9)18)15-8-14(19)12-4-3-11(17)7-16(12)20-15;1-7-6-8(2-4-9(7)11)3-5-10(12)13;7-5-2-1-3-6(8)4-5;;;;;1-5(2,3)4;;/h3-5,7-9,13,17-20H,2,6H2,1H3;2-9,17,19-20H,1H3;2-7,15,17-18H,8H2,1H3;2,4,6,11H,3,5H2,1H3,(H,12,13);1-4,7-8H;1H4;;;;(H2,1,2,3,4);1H2;/q;;;;;;;2*+1;;;-1/p-1/b;6-2+;;;;;;;;;;. The molecular weight excluding hydrogens is 1250 g/mol. The molecule has 1 aliphatic rings. The van der Waals surface area contributed by atoms with Gasteiger partial charge in [-0.2, -0.15) is 8.42 Å². The molecule has 2 unspecified atom stereocenters. The zero-order valence-corrected chi connectivity index (χ0v) is 55.5. The number of benzene rings is 8. The third kappa shape index (κ3) is 30.1. The van der Waals surface area contributed by atoms with Gasteiger partial charge in [-0.15, -0.1) is 0 Å². The summed E-state index contributed by atoms with van der Waals surface area (Å²) in [6, 6.07) is 38.2. The van der Waals surface area contributed by atoms with Gasteiger partial charge < -0.3 is 87.5 Å². The summed E-state index contributed by atoms with van der Waals surface area (Å²) in [5.74, 6) is 0.0785. The Morgan fingerprint density at radius 2 is 1.09 bits per heavy atom. The molecule has 16 N–H and O–H groups in total. The third-order valence-electron chi connectivity index (χ3n) is 12.4. The molecule has 0 bridgehead atoms. The first-order valence-electron chi connectivity index (χ1n) is 26.1. The number of carbonyl (C=O) groups excluding carboxylic acids is 2. The van der Waals surface area contributed by atoms with Gasteiger partial charge in [0.1, 0.15) is 63.6 Å². The number of phenolic OH excluding ortho intramolecular Hbond substituents is 11. The summed E-state index contributed by atoms with van der Waals surface area (Å²) >= 11 is 0. The molecule has 0 spiro atoms. The Morgan fingerprint density at radius 3 is 1.60 bits per heavy atom. The van der Waals surface area contributed by atoms with E-state index in [2.05, 4.69) is 0 Å². The summed E-state index contributed by atoms with van der Waals surface area (Å²) in [6.45, 7) is 3.59. The molecule has 0 saturated heterocycles. The number of allylic oxidation sites excluding steroid dienone is 1. The molecule has 9 rings (SSSR count). The Hall–Kier alpha value is -8.64. The van der Waals surface area contributed by atoms with E-state index in [1.807, 2.05) is 0 Å². The molecule has 0 aromatic heterocycles. The number of hydrogen-bond acceptors (Lipinski definition) is 21. The first kappa shape index (κ1) is 86.4. The fraction of sp³-hybridized carbons (Fsp3) is 0.185. The van der Waals surface area contributed by atoms with E-state index >= 15 is 0 Å². The Morgan fingerprint density at radius 1 is 0.602 bits per heavy atom. The van der Waals surface area contributed by atoms with Crippen molar-refractivity contribution in [3.8, 4) is 80.5 Å². The number of phenols is 11. The van der Waals surface area contributed by atoms with Gasteiger partial charge in [-0.3, -0.25) is 23.5 Å². The van der Waals surface area contributed by atoms with Gasteiger partial charge in [-0.25, -0.2) is 0 Å². The third-order valence-corrected chi connectivity index (χ3v) is 12.4. The van der Waals surface area contributed by atoms with Crippen LogP contribution < -0.4 is 73.3 Å². The molecule has 0 saturated carbocycles. The first-order valence-corrected chi connectivity index (χ1v) is 27.5. The number of carboxylic acids is 1. The topological polar surface area (TPSA) is 446 Å². The molecule has 28 heteroatoms. The van der Waals surface area contributed by atoms with Gasteiger partial charge in [0, 0.05) is 44.7 Å². The molecule has 0 amide bonds. The van der Waals surface area contributed by atoms with Gasteiger partial charge in [0.25, 0.3) is 0 Å². The van der Waals surface area contributed by atoms with Crippen molar-refractivity contribution in [2.45, 2.75) is 65.6 Å². The molecule has 93 heavy (non-hydrogen) atoms. The van der Waals surface area contributed by atoms with Crippen LogP contribution in [0.3, 0.4) is 0 Å². The van der Waals surface area contributed by atoms with Crippen LogP contribution in [0, 0.1) is 13.8 Å². The number of Topliss-reactive ketones (excluding diaryl/α,β-unsaturated/α-hetero) is 1. The molecular formula is C65H72BNa2O24S. The van der Waals surface area contributed by atoms with Crippen molar-refractivity contribution in [3.63, 3.8) is 0 Å². The number of aliphatic carboxylic acids is 1. The summed E-state index contributed by atoms with van der Waals surface area (Å²) < 4.78 is 47.4. The van der Waals surface area contributed by atoms with Crippen LogP contribution in [-0.2, 0) is 28.0 Å². The number of fused-ring (bicyclic) bond motifs is 1. The van der Waals surface area contributed by atoms with Crippen LogP contribution in [0.25, 0.3) is 6.08 Å². The van der Waals surface area contributed by atoms with E-state index in [-0.39, 0.29) is 169 Å². The van der Waals surface area contributed by atoms with Crippen LogP contribution in [0.15, 0.2) is 158 Å². The molecule has 8 aromatic rings. The minimum absolute atomic E-state index is 0. The molecule has 2 atom stereocenters. The first-order chi connectivity index (χ1) is 41.4. The molecule has 3 radical (unpaired) electrons. The van der Waals surface area contributed by atoms with Gasteiger partial charge in [-0.05, 0) is 164 Å². The molecule has 0 fully saturated rings. The number of hydrogen-bond donors (Lipinski definition) is 15. The molecule has 24 nitrogen and oxygen atoms in total. The average molecular weight is 1330 g/mol. The summed E-state index contributed by atoms with van der Waals surface area (Å²) in [6.07, 6.45) is 3.43. The van der Waals surface area contributed by atoms with Gasteiger partial charge in [0.15, 0.2) is 34.6 Å². The van der Waals surface area contributed by atoms with Crippen LogP contribution >= 0.6 is 0 Å². The molecule has 1 aliphatic heterocycles. The molecule has 0 aliphatic carbocycles. The van der Waals surface area contributed by atoms with Gasteiger partial charge >= 0.3 is 75.5 Å². The second-order valence-corrected chi connectivity index (χ2v) is 20.0. The predicted molar refractivity (Wildman–Crippen MR) is 337 cm³/mol. The van der Waals surface area contributed by atoms with E-state index < -0.39 is 34.4 Å². The molecule has 8 aromatic carbocycles. The maximum absolute atomic E-state index is 12.1. The summed E-state index contributed by atoms with van der Waals surface area (Å²) in [4.78, 5) is 34.4. The number of ether oxygens (including phenoxy) is 3. The SMILES string of the molecule is C.COc1cc(/C=C/C(=O)c2ccc(O)cc2O)ccc1O.COc1cc(CCC(O)c2ccc(O)cc2O)ccc1O.Cc1cc(C2CC(=O)c3ccc(O)cc3O2)ccc1O.Cc1cc(CCC(=O)O)ccc1O.O=S(=O)(O)O.Oc1cccc(O)c1.[B].[H-].[Na+].[Na+].[OH-]. The smallest absolute Gasteiger partial charge is 1.00 e.